The molecule has 2 heterocycles. The molecule has 3 rings (SSSR count). The summed E-state index contributed by atoms with van der Waals surface area (Å²) in [6.07, 6.45) is 4.46. The van der Waals surface area contributed by atoms with Gasteiger partial charge >= 0.3 is 0 Å². The number of hydrogen-bond acceptors (Lipinski definition) is 3. The molecule has 126 valence electrons. The van der Waals surface area contributed by atoms with Gasteiger partial charge in [0.25, 0.3) is 0 Å². The molecule has 1 amide bonds. The molecule has 0 aliphatic rings. The van der Waals surface area contributed by atoms with E-state index in [1.807, 2.05) is 34.7 Å². The molecule has 3 aromatic rings. The molecule has 0 aliphatic heterocycles. The highest BCUT2D eigenvalue weighted by atomic mass is 32.1. The fourth-order valence-electron chi connectivity index (χ4n) is 2.87. The number of benzene rings is 1. The minimum Gasteiger partial charge on any atom is -0.342 e. The van der Waals surface area contributed by atoms with Crippen LogP contribution in [0.1, 0.15) is 32.4 Å². The lowest BCUT2D eigenvalue weighted by Gasteiger charge is -2.21. The molecule has 0 fully saturated rings. The summed E-state index contributed by atoms with van der Waals surface area (Å²) in [7, 11) is 0. The Morgan fingerprint density at radius 3 is 2.54 bits per heavy atom. The Bertz CT molecular complexity index is 801. The van der Waals surface area contributed by atoms with E-state index >= 15 is 0 Å². The van der Waals surface area contributed by atoms with Crippen LogP contribution in [0.15, 0.2) is 41.9 Å². The predicted octanol–water partition coefficient (Wildman–Crippen LogP) is 4.25. The Labute approximate surface area is 146 Å². The van der Waals surface area contributed by atoms with Crippen LogP contribution < -0.4 is 0 Å². The summed E-state index contributed by atoms with van der Waals surface area (Å²) in [5, 5.41) is 2.05. The molecule has 0 saturated heterocycles. The van der Waals surface area contributed by atoms with E-state index in [1.54, 1.807) is 11.3 Å². The summed E-state index contributed by atoms with van der Waals surface area (Å²) in [4.78, 5) is 20.2. The molecule has 0 N–H and O–H groups in total. The van der Waals surface area contributed by atoms with Crippen molar-refractivity contribution in [2.45, 2.75) is 33.1 Å². The van der Waals surface area contributed by atoms with Crippen LogP contribution >= 0.6 is 11.3 Å². The Hall–Kier alpha value is -2.14. The molecule has 1 aromatic carbocycles. The van der Waals surface area contributed by atoms with Crippen molar-refractivity contribution in [2.75, 3.05) is 13.1 Å². The van der Waals surface area contributed by atoms with Crippen LogP contribution in [0.4, 0.5) is 0 Å². The summed E-state index contributed by atoms with van der Waals surface area (Å²) in [5.74, 6) is 0.202. The largest absolute Gasteiger partial charge is 0.342 e. The van der Waals surface area contributed by atoms with Crippen molar-refractivity contribution in [3.05, 3.63) is 47.6 Å². The van der Waals surface area contributed by atoms with Crippen molar-refractivity contribution >= 4 is 22.2 Å². The van der Waals surface area contributed by atoms with Crippen molar-refractivity contribution in [1.82, 2.24) is 14.3 Å². The standard InChI is InChI=1S/C19H23N3OS/c1-3-10-21(11-4-2)18(23)12-16-14-24-19-20-17(13-22(16)19)15-8-6-5-7-9-15/h5-9,13-14H,3-4,10-12H2,1-2H3. The van der Waals surface area contributed by atoms with Gasteiger partial charge in [0.15, 0.2) is 4.96 Å². The van der Waals surface area contributed by atoms with E-state index < -0.39 is 0 Å². The lowest BCUT2D eigenvalue weighted by molar-refractivity contribution is -0.130. The van der Waals surface area contributed by atoms with Gasteiger partial charge < -0.3 is 4.90 Å². The zero-order valence-electron chi connectivity index (χ0n) is 14.2. The van der Waals surface area contributed by atoms with Gasteiger partial charge in [-0.25, -0.2) is 4.98 Å². The average Bonchev–Trinajstić information content (AvgIpc) is 3.17. The zero-order valence-corrected chi connectivity index (χ0v) is 15.1. The maximum absolute atomic E-state index is 12.6. The lowest BCUT2D eigenvalue weighted by Crippen LogP contribution is -2.33. The van der Waals surface area contributed by atoms with Crippen molar-refractivity contribution in [1.29, 1.82) is 0 Å². The van der Waals surface area contributed by atoms with Gasteiger partial charge in [-0.3, -0.25) is 9.20 Å². The Kier molecular flexibility index (Phi) is 5.30. The fourth-order valence-corrected chi connectivity index (χ4v) is 3.75. The normalized spacial score (nSPS) is 11.1. The van der Waals surface area contributed by atoms with Crippen LogP contribution in [-0.4, -0.2) is 33.3 Å². The maximum atomic E-state index is 12.6. The molecule has 0 atom stereocenters. The van der Waals surface area contributed by atoms with Crippen molar-refractivity contribution < 1.29 is 4.79 Å². The van der Waals surface area contributed by atoms with Gasteiger partial charge in [-0.2, -0.15) is 0 Å². The molecule has 0 spiro atoms. The van der Waals surface area contributed by atoms with Gasteiger partial charge in [-0.05, 0) is 12.8 Å². The number of fused-ring (bicyclic) bond motifs is 1. The number of carbonyl (C=O) groups is 1. The second-order valence-corrected chi connectivity index (χ2v) is 6.77. The quantitative estimate of drug-likeness (QED) is 0.644. The molecule has 24 heavy (non-hydrogen) atoms. The average molecular weight is 341 g/mol. The molecule has 0 saturated carbocycles. The third-order valence-electron chi connectivity index (χ3n) is 4.03. The highest BCUT2D eigenvalue weighted by molar-refractivity contribution is 7.15. The van der Waals surface area contributed by atoms with Crippen molar-refractivity contribution in [3.63, 3.8) is 0 Å². The monoisotopic (exact) mass is 341 g/mol. The number of amides is 1. The Balaban J connectivity index is 1.82. The van der Waals surface area contributed by atoms with E-state index in [0.29, 0.717) is 6.42 Å². The zero-order chi connectivity index (χ0) is 16.9. The molecular weight excluding hydrogens is 318 g/mol. The van der Waals surface area contributed by atoms with Crippen molar-refractivity contribution in [3.8, 4) is 11.3 Å². The van der Waals surface area contributed by atoms with E-state index in [9.17, 15) is 4.79 Å². The smallest absolute Gasteiger partial charge is 0.228 e. The topological polar surface area (TPSA) is 37.6 Å². The lowest BCUT2D eigenvalue weighted by atomic mass is 10.2. The summed E-state index contributed by atoms with van der Waals surface area (Å²) >= 11 is 1.59. The van der Waals surface area contributed by atoms with Gasteiger partial charge in [-0.15, -0.1) is 11.3 Å². The first kappa shape index (κ1) is 16.7. The third kappa shape index (κ3) is 3.51. The number of imidazole rings is 1. The number of hydrogen-bond donors (Lipinski definition) is 0. The number of nitrogens with zero attached hydrogens (tertiary/aromatic N) is 3. The summed E-state index contributed by atoms with van der Waals surface area (Å²) in [6, 6.07) is 10.1. The molecule has 0 radical (unpaired) electrons. The highest BCUT2D eigenvalue weighted by Gasteiger charge is 2.16. The van der Waals surface area contributed by atoms with Crippen LogP contribution in [0.3, 0.4) is 0 Å². The SMILES string of the molecule is CCCN(CCC)C(=O)Cc1csc2nc(-c3ccccc3)cn12. The van der Waals surface area contributed by atoms with Gasteiger partial charge in [0.05, 0.1) is 12.1 Å². The van der Waals surface area contributed by atoms with Crippen molar-refractivity contribution in [2.24, 2.45) is 0 Å². The Morgan fingerprint density at radius 1 is 1.17 bits per heavy atom. The number of thiazole rings is 1. The molecule has 2 aromatic heterocycles. The number of carbonyl (C=O) groups excluding carboxylic acids is 1. The van der Waals surface area contributed by atoms with E-state index in [1.165, 1.54) is 0 Å². The molecule has 0 unspecified atom stereocenters. The van der Waals surface area contributed by atoms with Crippen LogP contribution in [0.2, 0.25) is 0 Å². The van der Waals surface area contributed by atoms with E-state index in [-0.39, 0.29) is 5.91 Å². The minimum absolute atomic E-state index is 0.202. The van der Waals surface area contributed by atoms with Crippen LogP contribution in [0, 0.1) is 0 Å². The second-order valence-electron chi connectivity index (χ2n) is 5.93. The molecule has 5 heteroatoms. The molecule has 0 aliphatic carbocycles. The van der Waals surface area contributed by atoms with Gasteiger partial charge in [0.1, 0.15) is 0 Å². The fraction of sp³-hybridized carbons (Fsp3) is 0.368. The number of aromatic nitrogens is 2. The van der Waals surface area contributed by atoms with Gasteiger partial charge in [0, 0.05) is 35.9 Å². The number of rotatable bonds is 7. The van der Waals surface area contributed by atoms with Crippen LogP contribution in [0.25, 0.3) is 16.2 Å². The molecular formula is C19H23N3OS. The summed E-state index contributed by atoms with van der Waals surface area (Å²) < 4.78 is 2.06. The first-order valence-corrected chi connectivity index (χ1v) is 9.39. The minimum atomic E-state index is 0.202. The van der Waals surface area contributed by atoms with E-state index in [0.717, 1.165) is 47.8 Å². The van der Waals surface area contributed by atoms with E-state index in [2.05, 4.69) is 35.4 Å². The third-order valence-corrected chi connectivity index (χ3v) is 4.91. The summed E-state index contributed by atoms with van der Waals surface area (Å²) in [6.45, 7) is 5.89. The summed E-state index contributed by atoms with van der Waals surface area (Å²) in [5.41, 5.74) is 3.08. The van der Waals surface area contributed by atoms with E-state index in [4.69, 9.17) is 0 Å². The van der Waals surface area contributed by atoms with Crippen LogP contribution in [0.5, 0.6) is 0 Å². The van der Waals surface area contributed by atoms with Crippen LogP contribution in [-0.2, 0) is 11.2 Å². The highest BCUT2D eigenvalue weighted by Crippen LogP contribution is 2.24. The first-order valence-electron chi connectivity index (χ1n) is 8.51. The first-order chi connectivity index (χ1) is 11.7. The van der Waals surface area contributed by atoms with Gasteiger partial charge in [0.2, 0.25) is 5.91 Å². The molecule has 4 nitrogen and oxygen atoms in total. The second kappa shape index (κ2) is 7.62. The Morgan fingerprint density at radius 2 is 1.88 bits per heavy atom. The molecule has 0 bridgehead atoms. The maximum Gasteiger partial charge on any atom is 0.228 e. The predicted molar refractivity (Wildman–Crippen MR) is 99.4 cm³/mol. The van der Waals surface area contributed by atoms with Gasteiger partial charge in [-0.1, -0.05) is 44.2 Å².